The van der Waals surface area contributed by atoms with Crippen LogP contribution in [-0.2, 0) is 11.8 Å². The molecule has 1 aromatic carbocycles. The second-order valence-corrected chi connectivity index (χ2v) is 6.85. The molecule has 138 valence electrons. The summed E-state index contributed by atoms with van der Waals surface area (Å²) in [6.45, 7) is 4.17. The van der Waals surface area contributed by atoms with E-state index >= 15 is 0 Å². The Kier molecular flexibility index (Phi) is 6.52. The summed E-state index contributed by atoms with van der Waals surface area (Å²) in [5, 5.41) is 12.6. The smallest absolute Gasteiger partial charge is 0.247 e. The van der Waals surface area contributed by atoms with Crippen molar-refractivity contribution in [2.75, 3.05) is 12.4 Å². The van der Waals surface area contributed by atoms with Crippen LogP contribution < -0.4 is 10.6 Å². The summed E-state index contributed by atoms with van der Waals surface area (Å²) >= 11 is 1.42. The lowest BCUT2D eigenvalue weighted by Crippen LogP contribution is -2.30. The van der Waals surface area contributed by atoms with E-state index in [2.05, 4.69) is 52.8 Å². The fourth-order valence-electron chi connectivity index (χ4n) is 2.58. The monoisotopic (exact) mass is 391 g/mol. The average Bonchev–Trinajstić information content (AvgIpc) is 3.20. The van der Waals surface area contributed by atoms with Crippen LogP contribution >= 0.6 is 23.7 Å². The van der Waals surface area contributed by atoms with Crippen LogP contribution in [0.15, 0.2) is 36.0 Å². The molecule has 0 aliphatic carbocycles. The number of nitrogens with zero attached hydrogens (tertiary/aromatic N) is 3. The van der Waals surface area contributed by atoms with E-state index in [-0.39, 0.29) is 18.3 Å². The van der Waals surface area contributed by atoms with Gasteiger partial charge in [-0.3, -0.25) is 9.48 Å². The van der Waals surface area contributed by atoms with Crippen molar-refractivity contribution >= 4 is 34.8 Å². The summed E-state index contributed by atoms with van der Waals surface area (Å²) in [5.41, 5.74) is 5.21. The highest BCUT2D eigenvalue weighted by molar-refractivity contribution is 7.14. The van der Waals surface area contributed by atoms with Crippen molar-refractivity contribution in [1.82, 2.24) is 20.1 Å². The van der Waals surface area contributed by atoms with E-state index in [1.807, 2.05) is 18.6 Å². The predicted molar refractivity (Wildman–Crippen MR) is 108 cm³/mol. The first-order valence-corrected chi connectivity index (χ1v) is 8.85. The van der Waals surface area contributed by atoms with Gasteiger partial charge >= 0.3 is 0 Å². The zero-order valence-electron chi connectivity index (χ0n) is 15.1. The fraction of sp³-hybridized carbons (Fsp3) is 0.278. The number of likely N-dealkylation sites (N-methyl/N-ethyl adjacent to an activating group) is 1. The SMILES string of the molecule is CNC(C(=O)Nc1nc(-c2ccc(C)c(C)c2)cs1)c1cnn(C)c1.Cl. The highest BCUT2D eigenvalue weighted by Crippen LogP contribution is 2.27. The quantitative estimate of drug-likeness (QED) is 0.698. The van der Waals surface area contributed by atoms with Gasteiger partial charge in [0.2, 0.25) is 5.91 Å². The highest BCUT2D eigenvalue weighted by atomic mass is 35.5. The molecule has 1 amide bonds. The number of benzene rings is 1. The Morgan fingerprint density at radius 1 is 1.27 bits per heavy atom. The Bertz CT molecular complexity index is 905. The zero-order valence-corrected chi connectivity index (χ0v) is 16.7. The maximum Gasteiger partial charge on any atom is 0.247 e. The van der Waals surface area contributed by atoms with Crippen LogP contribution in [0.5, 0.6) is 0 Å². The molecule has 1 atom stereocenters. The third kappa shape index (κ3) is 4.30. The number of hydrogen-bond acceptors (Lipinski definition) is 5. The molecule has 0 spiro atoms. The van der Waals surface area contributed by atoms with Gasteiger partial charge in [0.1, 0.15) is 6.04 Å². The first kappa shape index (κ1) is 20.1. The summed E-state index contributed by atoms with van der Waals surface area (Å²) < 4.78 is 1.67. The van der Waals surface area contributed by atoms with Crippen LogP contribution in [0, 0.1) is 13.8 Å². The van der Waals surface area contributed by atoms with E-state index in [4.69, 9.17) is 0 Å². The van der Waals surface area contributed by atoms with E-state index in [1.165, 1.54) is 22.5 Å². The van der Waals surface area contributed by atoms with E-state index in [0.717, 1.165) is 16.8 Å². The summed E-state index contributed by atoms with van der Waals surface area (Å²) in [6.07, 6.45) is 3.51. The van der Waals surface area contributed by atoms with Crippen LogP contribution in [0.25, 0.3) is 11.3 Å². The topological polar surface area (TPSA) is 71.8 Å². The number of aryl methyl sites for hydroxylation is 3. The Labute approximate surface area is 163 Å². The van der Waals surface area contributed by atoms with Crippen LogP contribution in [0.1, 0.15) is 22.7 Å². The Morgan fingerprint density at radius 3 is 2.65 bits per heavy atom. The molecule has 26 heavy (non-hydrogen) atoms. The maximum atomic E-state index is 12.6. The van der Waals surface area contributed by atoms with E-state index < -0.39 is 6.04 Å². The maximum absolute atomic E-state index is 12.6. The van der Waals surface area contributed by atoms with Gasteiger partial charge in [0, 0.05) is 29.8 Å². The Balaban J connectivity index is 0.00000243. The third-order valence-electron chi connectivity index (χ3n) is 4.15. The number of rotatable bonds is 5. The molecule has 2 heterocycles. The lowest BCUT2D eigenvalue weighted by atomic mass is 10.1. The van der Waals surface area contributed by atoms with Gasteiger partial charge < -0.3 is 10.6 Å². The number of carbonyl (C=O) groups excluding carboxylic acids is 1. The Morgan fingerprint density at radius 2 is 2.04 bits per heavy atom. The normalized spacial score (nSPS) is 11.7. The molecule has 0 aliphatic heterocycles. The minimum atomic E-state index is -0.470. The molecule has 1 unspecified atom stereocenters. The van der Waals surface area contributed by atoms with E-state index in [9.17, 15) is 4.79 Å². The lowest BCUT2D eigenvalue weighted by molar-refractivity contribution is -0.118. The largest absolute Gasteiger partial charge is 0.305 e. The van der Waals surface area contributed by atoms with Gasteiger partial charge in [-0.2, -0.15) is 5.10 Å². The number of amides is 1. The number of anilines is 1. The van der Waals surface area contributed by atoms with Gasteiger partial charge in [0.25, 0.3) is 0 Å². The summed E-state index contributed by atoms with van der Waals surface area (Å²) in [7, 11) is 3.57. The number of aromatic nitrogens is 3. The molecule has 0 aliphatic rings. The number of carbonyl (C=O) groups is 1. The van der Waals surface area contributed by atoms with Crippen LogP contribution in [-0.4, -0.2) is 27.7 Å². The van der Waals surface area contributed by atoms with Gasteiger partial charge in [-0.1, -0.05) is 12.1 Å². The first-order valence-electron chi connectivity index (χ1n) is 7.97. The van der Waals surface area contributed by atoms with Gasteiger partial charge in [-0.05, 0) is 38.1 Å². The minimum Gasteiger partial charge on any atom is -0.305 e. The second-order valence-electron chi connectivity index (χ2n) is 6.00. The van der Waals surface area contributed by atoms with Crippen molar-refractivity contribution < 1.29 is 4.79 Å². The molecule has 0 radical (unpaired) electrons. The Hall–Kier alpha value is -2.22. The summed E-state index contributed by atoms with van der Waals surface area (Å²) in [4.78, 5) is 17.1. The van der Waals surface area contributed by atoms with Gasteiger partial charge in [-0.15, -0.1) is 23.7 Å². The van der Waals surface area contributed by atoms with Gasteiger partial charge in [0.15, 0.2) is 5.13 Å². The predicted octanol–water partition coefficient (Wildman–Crippen LogP) is 3.48. The molecule has 8 heteroatoms. The minimum absolute atomic E-state index is 0. The number of nitrogens with one attached hydrogen (secondary N) is 2. The molecule has 3 rings (SSSR count). The number of hydrogen-bond donors (Lipinski definition) is 2. The number of halogens is 1. The van der Waals surface area contributed by atoms with Gasteiger partial charge in [0.05, 0.1) is 11.9 Å². The fourth-order valence-corrected chi connectivity index (χ4v) is 3.30. The van der Waals surface area contributed by atoms with Crippen LogP contribution in [0.3, 0.4) is 0 Å². The van der Waals surface area contributed by atoms with Crippen molar-refractivity contribution in [3.8, 4) is 11.3 Å². The zero-order chi connectivity index (χ0) is 18.0. The molecule has 0 fully saturated rings. The third-order valence-corrected chi connectivity index (χ3v) is 4.90. The molecular weight excluding hydrogens is 370 g/mol. The lowest BCUT2D eigenvalue weighted by Gasteiger charge is -2.13. The van der Waals surface area contributed by atoms with E-state index in [1.54, 1.807) is 17.9 Å². The molecule has 0 saturated heterocycles. The van der Waals surface area contributed by atoms with Crippen molar-refractivity contribution in [3.63, 3.8) is 0 Å². The molecule has 2 aromatic heterocycles. The molecule has 6 nitrogen and oxygen atoms in total. The van der Waals surface area contributed by atoms with Crippen molar-refractivity contribution in [2.24, 2.45) is 7.05 Å². The molecule has 0 bridgehead atoms. The second kappa shape index (κ2) is 8.44. The molecule has 2 N–H and O–H groups in total. The van der Waals surface area contributed by atoms with Gasteiger partial charge in [-0.25, -0.2) is 4.98 Å². The first-order chi connectivity index (χ1) is 12.0. The van der Waals surface area contributed by atoms with Crippen molar-refractivity contribution in [3.05, 3.63) is 52.7 Å². The van der Waals surface area contributed by atoms with Crippen LogP contribution in [0.4, 0.5) is 5.13 Å². The van der Waals surface area contributed by atoms with Crippen molar-refractivity contribution in [1.29, 1.82) is 0 Å². The average molecular weight is 392 g/mol. The summed E-state index contributed by atoms with van der Waals surface area (Å²) in [6, 6.07) is 5.78. The molecule has 3 aromatic rings. The molecule has 0 saturated carbocycles. The van der Waals surface area contributed by atoms with Crippen molar-refractivity contribution in [2.45, 2.75) is 19.9 Å². The standard InChI is InChI=1S/C18H21N5OS.ClH/c1-11-5-6-13(7-12(11)2)15-10-25-18(21-15)22-17(24)16(19-3)14-8-20-23(4)9-14;/h5-10,16,19H,1-4H3,(H,21,22,24);1H. The molecular formula is C18H22ClN5OS. The summed E-state index contributed by atoms with van der Waals surface area (Å²) in [5.74, 6) is -0.156. The highest BCUT2D eigenvalue weighted by Gasteiger charge is 2.21. The van der Waals surface area contributed by atoms with E-state index in [0.29, 0.717) is 5.13 Å². The van der Waals surface area contributed by atoms with Crippen LogP contribution in [0.2, 0.25) is 0 Å². The number of thiazole rings is 1.